The van der Waals surface area contributed by atoms with E-state index in [1.807, 2.05) is 84.6 Å². The highest BCUT2D eigenvalue weighted by Gasteiger charge is 2.31. The number of para-hydroxylation sites is 1. The van der Waals surface area contributed by atoms with E-state index in [4.69, 9.17) is 5.10 Å². The van der Waals surface area contributed by atoms with Gasteiger partial charge in [0.15, 0.2) is 0 Å². The third-order valence-electron chi connectivity index (χ3n) is 6.20. The summed E-state index contributed by atoms with van der Waals surface area (Å²) in [6, 6.07) is 25.4. The highest BCUT2D eigenvalue weighted by Crippen LogP contribution is 2.35. The molecule has 1 aliphatic rings. The fourth-order valence-corrected chi connectivity index (χ4v) is 4.71. The number of rotatable bonds is 4. The van der Waals surface area contributed by atoms with Crippen molar-refractivity contribution in [3.05, 3.63) is 95.7 Å². The Balaban J connectivity index is 1.51. The second-order valence-electron chi connectivity index (χ2n) is 8.67. The summed E-state index contributed by atoms with van der Waals surface area (Å²) < 4.78 is 1.72. The monoisotopic (exact) mass is 450 g/mol. The first-order chi connectivity index (χ1) is 16.4. The van der Waals surface area contributed by atoms with Gasteiger partial charge in [-0.3, -0.25) is 9.59 Å². The number of amides is 2. The Kier molecular flexibility index (Phi) is 5.49. The molecule has 0 bridgehead atoms. The van der Waals surface area contributed by atoms with Gasteiger partial charge in [-0.05, 0) is 61.7 Å². The van der Waals surface area contributed by atoms with Crippen molar-refractivity contribution in [2.45, 2.75) is 33.2 Å². The zero-order valence-corrected chi connectivity index (χ0v) is 19.4. The number of carbonyl (C=O) groups is 2. The smallest absolute Gasteiger partial charge is 0.258 e. The second-order valence-corrected chi connectivity index (χ2v) is 8.67. The summed E-state index contributed by atoms with van der Waals surface area (Å²) in [4.78, 5) is 27.3. The van der Waals surface area contributed by atoms with E-state index in [2.05, 4.69) is 18.3 Å². The molecule has 1 unspecified atom stereocenters. The number of benzene rings is 3. The normalized spacial score (nSPS) is 14.7. The van der Waals surface area contributed by atoms with E-state index >= 15 is 0 Å². The SMILES string of the molecule is CC(=O)Nc1c(-c2ccccc2)c(C)nn1-c1ccc(C(=O)N2c3ccccc3CC2C)cc1. The van der Waals surface area contributed by atoms with Crippen LogP contribution in [-0.2, 0) is 11.2 Å². The van der Waals surface area contributed by atoms with Gasteiger partial charge in [-0.25, -0.2) is 4.68 Å². The molecule has 0 aliphatic carbocycles. The van der Waals surface area contributed by atoms with E-state index in [1.54, 1.807) is 4.68 Å². The van der Waals surface area contributed by atoms with Crippen LogP contribution >= 0.6 is 0 Å². The molecule has 0 saturated carbocycles. The molecule has 3 aromatic carbocycles. The van der Waals surface area contributed by atoms with Crippen LogP contribution < -0.4 is 10.2 Å². The van der Waals surface area contributed by atoms with Gasteiger partial charge >= 0.3 is 0 Å². The summed E-state index contributed by atoms with van der Waals surface area (Å²) in [6.07, 6.45) is 0.856. The van der Waals surface area contributed by atoms with Gasteiger partial charge in [0.1, 0.15) is 5.82 Å². The van der Waals surface area contributed by atoms with Crippen molar-refractivity contribution in [1.29, 1.82) is 0 Å². The van der Waals surface area contributed by atoms with Crippen LogP contribution in [0.5, 0.6) is 0 Å². The first kappa shape index (κ1) is 21.6. The minimum atomic E-state index is -0.174. The molecule has 4 aromatic rings. The second kappa shape index (κ2) is 8.63. The predicted molar refractivity (Wildman–Crippen MR) is 134 cm³/mol. The Labute approximate surface area is 198 Å². The van der Waals surface area contributed by atoms with Gasteiger partial charge in [-0.1, -0.05) is 48.5 Å². The number of fused-ring (bicyclic) bond motifs is 1. The number of anilines is 2. The fourth-order valence-electron chi connectivity index (χ4n) is 4.71. The van der Waals surface area contributed by atoms with Gasteiger partial charge in [-0.15, -0.1) is 0 Å². The van der Waals surface area contributed by atoms with Crippen molar-refractivity contribution >= 4 is 23.3 Å². The van der Waals surface area contributed by atoms with E-state index in [0.29, 0.717) is 11.4 Å². The third-order valence-corrected chi connectivity index (χ3v) is 6.20. The molecule has 1 aromatic heterocycles. The lowest BCUT2D eigenvalue weighted by Crippen LogP contribution is -2.35. The third kappa shape index (κ3) is 3.77. The van der Waals surface area contributed by atoms with Crippen LogP contribution in [0.3, 0.4) is 0 Å². The quantitative estimate of drug-likeness (QED) is 0.453. The zero-order valence-electron chi connectivity index (χ0n) is 19.4. The average molecular weight is 451 g/mol. The Morgan fingerprint density at radius 1 is 0.941 bits per heavy atom. The first-order valence-electron chi connectivity index (χ1n) is 11.4. The van der Waals surface area contributed by atoms with Gasteiger partial charge in [0.25, 0.3) is 5.91 Å². The standard InChI is InChI=1S/C28H26N4O2/c1-18-17-23-11-7-8-12-25(23)31(18)28(34)22-13-15-24(16-14-22)32-27(29-20(3)33)26(19(2)30-32)21-9-5-4-6-10-21/h4-16,18H,17H2,1-3H3,(H,29,33). The molecular formula is C28H26N4O2. The Hall–Kier alpha value is -4.19. The van der Waals surface area contributed by atoms with E-state index < -0.39 is 0 Å². The molecule has 0 fully saturated rings. The van der Waals surface area contributed by atoms with Crippen LogP contribution in [0.4, 0.5) is 11.5 Å². The molecule has 6 heteroatoms. The zero-order chi connectivity index (χ0) is 23.8. The van der Waals surface area contributed by atoms with Crippen LogP contribution in [0.2, 0.25) is 0 Å². The highest BCUT2D eigenvalue weighted by molar-refractivity contribution is 6.07. The molecule has 0 radical (unpaired) electrons. The molecular weight excluding hydrogens is 424 g/mol. The lowest BCUT2D eigenvalue weighted by atomic mass is 10.1. The maximum absolute atomic E-state index is 13.4. The van der Waals surface area contributed by atoms with Crippen molar-refractivity contribution < 1.29 is 9.59 Å². The topological polar surface area (TPSA) is 67.2 Å². The van der Waals surface area contributed by atoms with Gasteiger partial charge in [0, 0.05) is 29.8 Å². The van der Waals surface area contributed by atoms with Crippen LogP contribution in [0.15, 0.2) is 78.9 Å². The molecule has 0 spiro atoms. The van der Waals surface area contributed by atoms with Gasteiger partial charge in [-0.2, -0.15) is 5.10 Å². The molecule has 2 heterocycles. The summed E-state index contributed by atoms with van der Waals surface area (Å²) in [5.74, 6) is 0.414. The van der Waals surface area contributed by atoms with Crippen LogP contribution in [-0.4, -0.2) is 27.6 Å². The maximum atomic E-state index is 13.4. The maximum Gasteiger partial charge on any atom is 0.258 e. The predicted octanol–water partition coefficient (Wildman–Crippen LogP) is 5.40. The lowest BCUT2D eigenvalue weighted by Gasteiger charge is -2.23. The Morgan fingerprint density at radius 2 is 1.62 bits per heavy atom. The number of hydrogen-bond donors (Lipinski definition) is 1. The molecule has 1 aliphatic heterocycles. The summed E-state index contributed by atoms with van der Waals surface area (Å²) >= 11 is 0. The average Bonchev–Trinajstić information content (AvgIpc) is 3.34. The van der Waals surface area contributed by atoms with E-state index in [9.17, 15) is 9.59 Å². The van der Waals surface area contributed by atoms with Crippen molar-refractivity contribution in [1.82, 2.24) is 9.78 Å². The van der Waals surface area contributed by atoms with Gasteiger partial charge in [0.05, 0.1) is 11.4 Å². The number of hydrogen-bond acceptors (Lipinski definition) is 3. The molecule has 2 amide bonds. The van der Waals surface area contributed by atoms with E-state index in [0.717, 1.165) is 34.6 Å². The van der Waals surface area contributed by atoms with Crippen molar-refractivity contribution in [2.75, 3.05) is 10.2 Å². The van der Waals surface area contributed by atoms with Crippen LogP contribution in [0.25, 0.3) is 16.8 Å². The van der Waals surface area contributed by atoms with E-state index in [-0.39, 0.29) is 17.9 Å². The van der Waals surface area contributed by atoms with Gasteiger partial charge < -0.3 is 10.2 Å². The molecule has 6 nitrogen and oxygen atoms in total. The molecule has 170 valence electrons. The van der Waals surface area contributed by atoms with Gasteiger partial charge in [0.2, 0.25) is 5.91 Å². The first-order valence-corrected chi connectivity index (χ1v) is 11.4. The number of aromatic nitrogens is 2. The molecule has 5 rings (SSSR count). The number of nitrogens with zero attached hydrogens (tertiary/aromatic N) is 3. The highest BCUT2D eigenvalue weighted by atomic mass is 16.2. The van der Waals surface area contributed by atoms with Crippen molar-refractivity contribution in [3.8, 4) is 16.8 Å². The molecule has 1 atom stereocenters. The number of aryl methyl sites for hydroxylation is 1. The molecule has 0 saturated heterocycles. The van der Waals surface area contributed by atoms with Crippen LogP contribution in [0.1, 0.15) is 35.5 Å². The number of carbonyl (C=O) groups excluding carboxylic acids is 2. The number of nitrogens with one attached hydrogen (secondary N) is 1. The summed E-state index contributed by atoms with van der Waals surface area (Å²) in [7, 11) is 0. The van der Waals surface area contributed by atoms with Crippen molar-refractivity contribution in [2.24, 2.45) is 0 Å². The van der Waals surface area contributed by atoms with Crippen LogP contribution in [0, 0.1) is 6.92 Å². The fraction of sp³-hybridized carbons (Fsp3) is 0.179. The minimum Gasteiger partial charge on any atom is -0.310 e. The van der Waals surface area contributed by atoms with E-state index in [1.165, 1.54) is 12.5 Å². The molecule has 1 N–H and O–H groups in total. The Bertz CT molecular complexity index is 1370. The largest absolute Gasteiger partial charge is 0.310 e. The summed E-state index contributed by atoms with van der Waals surface area (Å²) in [6.45, 7) is 5.48. The Morgan fingerprint density at radius 3 is 2.32 bits per heavy atom. The molecule has 34 heavy (non-hydrogen) atoms. The minimum absolute atomic E-state index is 0.0206. The lowest BCUT2D eigenvalue weighted by molar-refractivity contribution is -0.114. The van der Waals surface area contributed by atoms with Crippen molar-refractivity contribution in [3.63, 3.8) is 0 Å². The summed E-state index contributed by atoms with van der Waals surface area (Å²) in [5, 5.41) is 7.66. The summed E-state index contributed by atoms with van der Waals surface area (Å²) in [5.41, 5.74) is 6.20.